The molecular formula is C23H29NO2. The zero-order valence-corrected chi connectivity index (χ0v) is 16.3. The van der Waals surface area contributed by atoms with Gasteiger partial charge in [0.25, 0.3) is 5.91 Å². The maximum absolute atomic E-state index is 12.7. The number of aryl methyl sites for hydroxylation is 3. The molecule has 3 rings (SSSR count). The summed E-state index contributed by atoms with van der Waals surface area (Å²) >= 11 is 0. The van der Waals surface area contributed by atoms with Crippen LogP contribution in [0.25, 0.3) is 0 Å². The first-order valence-corrected chi connectivity index (χ1v) is 9.60. The lowest BCUT2D eigenvalue weighted by Crippen LogP contribution is -2.38. The van der Waals surface area contributed by atoms with Crippen molar-refractivity contribution in [1.29, 1.82) is 0 Å². The number of carbonyl (C=O) groups is 1. The number of ether oxygens (including phenoxy) is 1. The van der Waals surface area contributed by atoms with Gasteiger partial charge in [0.1, 0.15) is 5.75 Å². The van der Waals surface area contributed by atoms with Gasteiger partial charge < -0.3 is 10.1 Å². The number of benzene rings is 2. The van der Waals surface area contributed by atoms with Gasteiger partial charge in [-0.25, -0.2) is 0 Å². The van der Waals surface area contributed by atoms with Crippen molar-refractivity contribution in [3.05, 3.63) is 64.2 Å². The van der Waals surface area contributed by atoms with Crippen molar-refractivity contribution < 1.29 is 9.53 Å². The Kier molecular flexibility index (Phi) is 5.65. The van der Waals surface area contributed by atoms with Gasteiger partial charge in [-0.3, -0.25) is 4.79 Å². The van der Waals surface area contributed by atoms with Crippen molar-refractivity contribution in [2.75, 3.05) is 0 Å². The van der Waals surface area contributed by atoms with E-state index in [4.69, 9.17) is 4.74 Å². The Morgan fingerprint density at radius 3 is 2.65 bits per heavy atom. The quantitative estimate of drug-likeness (QED) is 0.838. The molecule has 1 aliphatic carbocycles. The average molecular weight is 351 g/mol. The molecule has 0 heterocycles. The Bertz CT molecular complexity index is 797. The third kappa shape index (κ3) is 4.09. The smallest absolute Gasteiger partial charge is 0.261 e. The van der Waals surface area contributed by atoms with Gasteiger partial charge >= 0.3 is 0 Å². The summed E-state index contributed by atoms with van der Waals surface area (Å²) in [5, 5.41) is 3.10. The molecule has 0 bridgehead atoms. The van der Waals surface area contributed by atoms with E-state index < -0.39 is 6.10 Å². The van der Waals surface area contributed by atoms with Crippen LogP contribution in [0, 0.1) is 13.8 Å². The first-order valence-electron chi connectivity index (χ1n) is 9.60. The minimum Gasteiger partial charge on any atom is -0.481 e. The van der Waals surface area contributed by atoms with E-state index in [2.05, 4.69) is 43.4 Å². The fourth-order valence-corrected chi connectivity index (χ4v) is 3.74. The molecule has 0 saturated carbocycles. The van der Waals surface area contributed by atoms with Crippen molar-refractivity contribution in [3.63, 3.8) is 0 Å². The minimum absolute atomic E-state index is 0.0434. The van der Waals surface area contributed by atoms with Crippen LogP contribution in [0.5, 0.6) is 5.75 Å². The maximum atomic E-state index is 12.7. The number of hydrogen-bond donors (Lipinski definition) is 1. The largest absolute Gasteiger partial charge is 0.481 e. The number of fused-ring (bicyclic) bond motifs is 1. The molecule has 1 amide bonds. The van der Waals surface area contributed by atoms with Gasteiger partial charge in [-0.05, 0) is 81.7 Å². The van der Waals surface area contributed by atoms with E-state index in [9.17, 15) is 4.79 Å². The summed E-state index contributed by atoms with van der Waals surface area (Å²) in [4.78, 5) is 12.7. The van der Waals surface area contributed by atoms with Crippen LogP contribution in [0.15, 0.2) is 36.4 Å². The molecule has 2 aromatic carbocycles. The fourth-order valence-electron chi connectivity index (χ4n) is 3.74. The highest BCUT2D eigenvalue weighted by atomic mass is 16.5. The summed E-state index contributed by atoms with van der Waals surface area (Å²) in [6.07, 6.45) is 4.06. The second-order valence-electron chi connectivity index (χ2n) is 7.45. The summed E-state index contributed by atoms with van der Waals surface area (Å²) in [6.45, 7) is 8.00. The monoisotopic (exact) mass is 351 g/mol. The summed E-state index contributed by atoms with van der Waals surface area (Å²) in [5.74, 6) is 0.788. The van der Waals surface area contributed by atoms with Crippen LogP contribution in [-0.4, -0.2) is 12.0 Å². The first-order chi connectivity index (χ1) is 12.5. The SMILES string of the molecule is Cc1ccc(C)c([C@@H](C)NC(=O)[C@H](C)Oc2cccc3c2CCCC3)c1. The molecule has 0 fully saturated rings. The Morgan fingerprint density at radius 2 is 1.85 bits per heavy atom. The van der Waals surface area contributed by atoms with Crippen LogP contribution in [0.3, 0.4) is 0 Å². The molecule has 26 heavy (non-hydrogen) atoms. The number of hydrogen-bond acceptors (Lipinski definition) is 2. The summed E-state index contributed by atoms with van der Waals surface area (Å²) in [6, 6.07) is 12.5. The van der Waals surface area contributed by atoms with Gasteiger partial charge in [-0.15, -0.1) is 0 Å². The standard InChI is InChI=1S/C23H29NO2/c1-15-12-13-16(2)21(14-15)17(3)24-23(25)18(4)26-22-11-7-9-19-8-5-6-10-20(19)22/h7,9,11-14,17-18H,5-6,8,10H2,1-4H3,(H,24,25)/t17-,18+/m1/s1. The number of nitrogens with one attached hydrogen (secondary N) is 1. The molecular weight excluding hydrogens is 322 g/mol. The van der Waals surface area contributed by atoms with E-state index in [1.165, 1.54) is 35.1 Å². The molecule has 0 aromatic heterocycles. The van der Waals surface area contributed by atoms with Crippen molar-refractivity contribution in [1.82, 2.24) is 5.32 Å². The van der Waals surface area contributed by atoms with Crippen LogP contribution in [-0.2, 0) is 17.6 Å². The van der Waals surface area contributed by atoms with Crippen LogP contribution < -0.4 is 10.1 Å². The molecule has 0 aliphatic heterocycles. The van der Waals surface area contributed by atoms with Crippen molar-refractivity contribution in [3.8, 4) is 5.75 Å². The molecule has 0 spiro atoms. The number of carbonyl (C=O) groups excluding carboxylic acids is 1. The van der Waals surface area contributed by atoms with E-state index in [0.717, 1.165) is 24.2 Å². The first kappa shape index (κ1) is 18.5. The van der Waals surface area contributed by atoms with Gasteiger partial charge in [0.05, 0.1) is 6.04 Å². The Hall–Kier alpha value is -2.29. The normalized spacial score (nSPS) is 15.7. The highest BCUT2D eigenvalue weighted by Crippen LogP contribution is 2.30. The second-order valence-corrected chi connectivity index (χ2v) is 7.45. The van der Waals surface area contributed by atoms with E-state index in [1.54, 1.807) is 0 Å². The molecule has 3 nitrogen and oxygen atoms in total. The molecule has 1 aliphatic rings. The zero-order valence-electron chi connectivity index (χ0n) is 16.3. The van der Waals surface area contributed by atoms with Gasteiger partial charge in [0, 0.05) is 0 Å². The van der Waals surface area contributed by atoms with Gasteiger partial charge in [-0.1, -0.05) is 35.9 Å². The van der Waals surface area contributed by atoms with Crippen molar-refractivity contribution in [2.24, 2.45) is 0 Å². The lowest BCUT2D eigenvalue weighted by molar-refractivity contribution is -0.127. The van der Waals surface area contributed by atoms with E-state index in [0.29, 0.717) is 0 Å². The summed E-state index contributed by atoms with van der Waals surface area (Å²) in [7, 11) is 0. The lowest BCUT2D eigenvalue weighted by Gasteiger charge is -2.23. The topological polar surface area (TPSA) is 38.3 Å². The second kappa shape index (κ2) is 7.94. The average Bonchev–Trinajstić information content (AvgIpc) is 2.63. The molecule has 2 aromatic rings. The molecule has 138 valence electrons. The molecule has 0 unspecified atom stereocenters. The van der Waals surface area contributed by atoms with Crippen LogP contribution >= 0.6 is 0 Å². The Morgan fingerprint density at radius 1 is 1.08 bits per heavy atom. The Balaban J connectivity index is 1.68. The van der Waals surface area contributed by atoms with Crippen LogP contribution in [0.2, 0.25) is 0 Å². The predicted octanol–water partition coefficient (Wildman–Crippen LogP) is 4.83. The molecule has 0 saturated heterocycles. The van der Waals surface area contributed by atoms with Gasteiger partial charge in [0.2, 0.25) is 0 Å². The van der Waals surface area contributed by atoms with Gasteiger partial charge in [0.15, 0.2) is 6.10 Å². The highest BCUT2D eigenvalue weighted by molar-refractivity contribution is 5.81. The molecule has 1 N–H and O–H groups in total. The van der Waals surface area contributed by atoms with Crippen molar-refractivity contribution >= 4 is 5.91 Å². The van der Waals surface area contributed by atoms with Gasteiger partial charge in [-0.2, -0.15) is 0 Å². The van der Waals surface area contributed by atoms with Crippen molar-refractivity contribution in [2.45, 2.75) is 65.5 Å². The lowest BCUT2D eigenvalue weighted by atomic mass is 9.91. The maximum Gasteiger partial charge on any atom is 0.261 e. The van der Waals surface area contributed by atoms with Crippen LogP contribution in [0.1, 0.15) is 60.5 Å². The third-order valence-corrected chi connectivity index (χ3v) is 5.29. The third-order valence-electron chi connectivity index (χ3n) is 5.29. The fraction of sp³-hybridized carbons (Fsp3) is 0.435. The Labute approximate surface area is 156 Å². The van der Waals surface area contributed by atoms with Crippen LogP contribution in [0.4, 0.5) is 0 Å². The summed E-state index contributed by atoms with van der Waals surface area (Å²) < 4.78 is 6.05. The predicted molar refractivity (Wildman–Crippen MR) is 106 cm³/mol. The highest BCUT2D eigenvalue weighted by Gasteiger charge is 2.21. The molecule has 3 heteroatoms. The minimum atomic E-state index is -0.518. The zero-order chi connectivity index (χ0) is 18.7. The molecule has 2 atom stereocenters. The van der Waals surface area contributed by atoms with E-state index in [1.807, 2.05) is 26.0 Å². The van der Waals surface area contributed by atoms with E-state index >= 15 is 0 Å². The number of rotatable bonds is 5. The number of amides is 1. The summed E-state index contributed by atoms with van der Waals surface area (Å²) in [5.41, 5.74) is 6.19. The molecule has 0 radical (unpaired) electrons. The van der Waals surface area contributed by atoms with E-state index in [-0.39, 0.29) is 11.9 Å².